The number of fused-ring (bicyclic) bond motifs is 1. The van der Waals surface area contributed by atoms with Crippen LogP contribution in [0.1, 0.15) is 45.5 Å². The second-order valence-corrected chi connectivity index (χ2v) is 4.08. The summed E-state index contributed by atoms with van der Waals surface area (Å²) in [5.41, 5.74) is 0.670. The first-order valence-corrected chi connectivity index (χ1v) is 5.58. The predicted octanol–water partition coefficient (Wildman–Crippen LogP) is 2.52. The van der Waals surface area contributed by atoms with Crippen LogP contribution < -0.4 is 0 Å². The molecule has 90 valence electrons. The lowest BCUT2D eigenvalue weighted by Crippen LogP contribution is -2.10. The van der Waals surface area contributed by atoms with Crippen molar-refractivity contribution in [3.8, 4) is 0 Å². The van der Waals surface area contributed by atoms with E-state index in [1.165, 1.54) is 19.2 Å². The molecule has 1 aliphatic rings. The molecule has 0 aliphatic heterocycles. The maximum Gasteiger partial charge on any atom is 0.340 e. The molecule has 1 aromatic carbocycles. The van der Waals surface area contributed by atoms with Crippen molar-refractivity contribution in [1.29, 1.82) is 0 Å². The smallest absolute Gasteiger partial charge is 0.340 e. The fraction of sp³-hybridized carbons (Fsp3) is 0.385. The normalized spacial score (nSPS) is 15.1. The zero-order valence-electron chi connectivity index (χ0n) is 9.59. The minimum absolute atomic E-state index is 0.0483. The van der Waals surface area contributed by atoms with Crippen molar-refractivity contribution in [3.63, 3.8) is 0 Å². The molecule has 1 aromatic rings. The summed E-state index contributed by atoms with van der Waals surface area (Å²) in [5.74, 6) is -1.36. The lowest BCUT2D eigenvalue weighted by atomic mass is 9.98. The van der Waals surface area contributed by atoms with Crippen LogP contribution in [0.2, 0.25) is 0 Å². The van der Waals surface area contributed by atoms with Gasteiger partial charge in [-0.1, -0.05) is 6.07 Å². The molecule has 0 bridgehead atoms. The fourth-order valence-corrected chi connectivity index (χ4v) is 2.12. The number of rotatable bonds is 1. The van der Waals surface area contributed by atoms with Crippen LogP contribution in [0.5, 0.6) is 0 Å². The summed E-state index contributed by atoms with van der Waals surface area (Å²) in [7, 11) is 1.21. The number of carbonyl (C=O) groups excluding carboxylic acids is 2. The van der Waals surface area contributed by atoms with Crippen LogP contribution in [0, 0.1) is 5.82 Å². The first-order valence-electron chi connectivity index (χ1n) is 5.58. The van der Waals surface area contributed by atoms with Gasteiger partial charge >= 0.3 is 5.97 Å². The second kappa shape index (κ2) is 4.65. The van der Waals surface area contributed by atoms with E-state index in [1.54, 1.807) is 0 Å². The number of hydrogen-bond acceptors (Lipinski definition) is 3. The van der Waals surface area contributed by atoms with Gasteiger partial charge in [-0.2, -0.15) is 0 Å². The molecule has 0 aromatic heterocycles. The number of ether oxygens (including phenoxy) is 1. The molecule has 2 rings (SSSR count). The first kappa shape index (κ1) is 11.8. The average Bonchev–Trinajstić information content (AvgIpc) is 2.52. The van der Waals surface area contributed by atoms with Gasteiger partial charge in [0.05, 0.1) is 12.7 Å². The molecule has 0 atom stereocenters. The largest absolute Gasteiger partial charge is 0.465 e. The summed E-state index contributed by atoms with van der Waals surface area (Å²) in [4.78, 5) is 23.1. The van der Waals surface area contributed by atoms with Crippen LogP contribution in [-0.4, -0.2) is 18.9 Å². The van der Waals surface area contributed by atoms with Crippen LogP contribution >= 0.6 is 0 Å². The Labute approximate surface area is 98.6 Å². The molecule has 0 amide bonds. The van der Waals surface area contributed by atoms with Crippen molar-refractivity contribution in [1.82, 2.24) is 0 Å². The molecule has 0 N–H and O–H groups in total. The van der Waals surface area contributed by atoms with E-state index in [1.807, 2.05) is 0 Å². The lowest BCUT2D eigenvalue weighted by molar-refractivity contribution is 0.0594. The number of carbonyl (C=O) groups is 2. The zero-order chi connectivity index (χ0) is 12.4. The number of methoxy groups -OCH3 is 1. The SMILES string of the molecule is COC(=O)c1ccc2c(c1F)CCCCC2=O. The molecule has 0 radical (unpaired) electrons. The first-order chi connectivity index (χ1) is 8.15. The fourth-order valence-electron chi connectivity index (χ4n) is 2.12. The minimum atomic E-state index is -0.706. The minimum Gasteiger partial charge on any atom is -0.465 e. The zero-order valence-corrected chi connectivity index (χ0v) is 9.59. The van der Waals surface area contributed by atoms with E-state index in [2.05, 4.69) is 4.74 Å². The van der Waals surface area contributed by atoms with Crippen LogP contribution in [0.4, 0.5) is 4.39 Å². The molecule has 17 heavy (non-hydrogen) atoms. The number of ketones is 1. The third kappa shape index (κ3) is 2.07. The molecular formula is C13H13FO3. The van der Waals surface area contributed by atoms with Gasteiger partial charge < -0.3 is 4.74 Å². The van der Waals surface area contributed by atoms with Crippen molar-refractivity contribution >= 4 is 11.8 Å². The van der Waals surface area contributed by atoms with Crippen LogP contribution in [0.25, 0.3) is 0 Å². The van der Waals surface area contributed by atoms with E-state index < -0.39 is 11.8 Å². The number of esters is 1. The summed E-state index contributed by atoms with van der Waals surface area (Å²) in [6, 6.07) is 2.85. The van der Waals surface area contributed by atoms with Crippen molar-refractivity contribution in [2.24, 2.45) is 0 Å². The predicted molar refractivity (Wildman–Crippen MR) is 59.6 cm³/mol. The van der Waals surface area contributed by atoms with E-state index in [4.69, 9.17) is 0 Å². The van der Waals surface area contributed by atoms with Crippen molar-refractivity contribution in [2.75, 3.05) is 7.11 Å². The highest BCUT2D eigenvalue weighted by Crippen LogP contribution is 2.25. The van der Waals surface area contributed by atoms with Gasteiger partial charge in [-0.05, 0) is 30.9 Å². The third-order valence-electron chi connectivity index (χ3n) is 3.03. The van der Waals surface area contributed by atoms with Gasteiger partial charge in [0.2, 0.25) is 0 Å². The summed E-state index contributed by atoms with van der Waals surface area (Å²) < 4.78 is 18.6. The Morgan fingerprint density at radius 3 is 2.71 bits per heavy atom. The van der Waals surface area contributed by atoms with Crippen LogP contribution in [-0.2, 0) is 11.2 Å². The number of Topliss-reactive ketones (excluding diaryl/α,β-unsaturated/α-hetero) is 1. The Bertz CT molecular complexity index is 480. The molecule has 0 heterocycles. The lowest BCUT2D eigenvalue weighted by Gasteiger charge is -2.09. The van der Waals surface area contributed by atoms with Crippen molar-refractivity contribution in [3.05, 3.63) is 34.6 Å². The maximum absolute atomic E-state index is 14.1. The molecule has 0 saturated carbocycles. The van der Waals surface area contributed by atoms with Gasteiger partial charge in [0.1, 0.15) is 5.82 Å². The van der Waals surface area contributed by atoms with E-state index in [0.717, 1.165) is 12.8 Å². The topological polar surface area (TPSA) is 43.4 Å². The summed E-state index contributed by atoms with van der Waals surface area (Å²) in [6.07, 6.45) is 2.47. The standard InChI is InChI=1S/C13H13FO3/c1-17-13(16)10-7-6-8-9(12(10)14)4-2-3-5-11(8)15/h6-7H,2-5H2,1H3. The molecule has 0 spiro atoms. The molecule has 0 saturated heterocycles. The van der Waals surface area contributed by atoms with Crippen LogP contribution in [0.15, 0.2) is 12.1 Å². The van der Waals surface area contributed by atoms with Gasteiger partial charge in [0, 0.05) is 12.0 Å². The summed E-state index contributed by atoms with van der Waals surface area (Å²) in [5, 5.41) is 0. The monoisotopic (exact) mass is 236 g/mol. The summed E-state index contributed by atoms with van der Waals surface area (Å²) >= 11 is 0. The van der Waals surface area contributed by atoms with Gasteiger partial charge in [-0.25, -0.2) is 9.18 Å². The molecule has 4 heteroatoms. The van der Waals surface area contributed by atoms with E-state index in [-0.39, 0.29) is 11.3 Å². The van der Waals surface area contributed by atoms with E-state index >= 15 is 0 Å². The van der Waals surface area contributed by atoms with Gasteiger partial charge in [0.25, 0.3) is 0 Å². The van der Waals surface area contributed by atoms with Gasteiger partial charge in [-0.15, -0.1) is 0 Å². The van der Waals surface area contributed by atoms with Crippen LogP contribution in [0.3, 0.4) is 0 Å². The number of hydrogen-bond donors (Lipinski definition) is 0. The second-order valence-electron chi connectivity index (χ2n) is 4.08. The quantitative estimate of drug-likeness (QED) is 0.556. The molecule has 0 fully saturated rings. The van der Waals surface area contributed by atoms with Gasteiger partial charge in [-0.3, -0.25) is 4.79 Å². The van der Waals surface area contributed by atoms with E-state index in [9.17, 15) is 14.0 Å². The molecule has 3 nitrogen and oxygen atoms in total. The van der Waals surface area contributed by atoms with Crippen molar-refractivity contribution < 1.29 is 18.7 Å². The average molecular weight is 236 g/mol. The Balaban J connectivity index is 2.54. The highest BCUT2D eigenvalue weighted by molar-refractivity contribution is 5.99. The van der Waals surface area contributed by atoms with Gasteiger partial charge in [0.15, 0.2) is 5.78 Å². The maximum atomic E-state index is 14.1. The number of benzene rings is 1. The highest BCUT2D eigenvalue weighted by Gasteiger charge is 2.23. The Kier molecular flexibility index (Phi) is 3.22. The Morgan fingerprint density at radius 1 is 1.29 bits per heavy atom. The van der Waals surface area contributed by atoms with Crippen molar-refractivity contribution in [2.45, 2.75) is 25.7 Å². The highest BCUT2D eigenvalue weighted by atomic mass is 19.1. The Hall–Kier alpha value is -1.71. The van der Waals surface area contributed by atoms with E-state index in [0.29, 0.717) is 24.0 Å². The molecule has 0 unspecified atom stereocenters. The molecular weight excluding hydrogens is 223 g/mol. The summed E-state index contributed by atoms with van der Waals surface area (Å²) in [6.45, 7) is 0. The number of halogens is 1. The Morgan fingerprint density at radius 2 is 2.00 bits per heavy atom. The third-order valence-corrected chi connectivity index (χ3v) is 3.03. The molecule has 1 aliphatic carbocycles.